The van der Waals surface area contributed by atoms with Crippen molar-refractivity contribution in [3.63, 3.8) is 0 Å². The lowest BCUT2D eigenvalue weighted by atomic mass is 10.00. The second kappa shape index (κ2) is 12.6. The summed E-state index contributed by atoms with van der Waals surface area (Å²) in [7, 11) is 0. The van der Waals surface area contributed by atoms with Gasteiger partial charge in [0.15, 0.2) is 23.1 Å². The van der Waals surface area contributed by atoms with Crippen LogP contribution < -0.4 is 0 Å². The molecule has 0 spiro atoms. The summed E-state index contributed by atoms with van der Waals surface area (Å²) in [4.78, 5) is 14.9. The number of hydrogen-bond acceptors (Lipinski definition) is 5. The highest BCUT2D eigenvalue weighted by Crippen LogP contribution is 2.43. The number of para-hydroxylation sites is 4. The number of fused-ring (bicyclic) bond motifs is 9. The standard InChI is InChI=1S/C51H30N4OS/c1-3-13-31(14-4-1)49-52-50(32-15-5-2-6-16-32)54-51(53-49)34-26-28-46-41(30-34)40-29-33(25-27-45(40)57-46)35-19-11-20-38-39-21-12-24-44(48(39)56-47(35)38)55-42-22-9-7-17-36(42)37-18-8-10-23-43(37)55/h1-30H. The molecule has 0 aliphatic heterocycles. The quantitative estimate of drug-likeness (QED) is 0.176. The zero-order valence-corrected chi connectivity index (χ0v) is 31.2. The van der Waals surface area contributed by atoms with Crippen molar-refractivity contribution in [3.8, 4) is 51.0 Å². The van der Waals surface area contributed by atoms with E-state index < -0.39 is 0 Å². The molecule has 266 valence electrons. The normalized spacial score (nSPS) is 11.9. The largest absolute Gasteiger partial charge is 0.453 e. The number of furan rings is 1. The van der Waals surface area contributed by atoms with Gasteiger partial charge in [-0.25, -0.2) is 15.0 Å². The molecule has 0 bridgehead atoms. The fourth-order valence-corrected chi connectivity index (χ4v) is 9.48. The first-order chi connectivity index (χ1) is 28.2. The molecule has 8 aromatic carbocycles. The summed E-state index contributed by atoms with van der Waals surface area (Å²) in [6, 6.07) is 63.7. The van der Waals surface area contributed by atoms with Crippen molar-refractivity contribution in [3.05, 3.63) is 182 Å². The van der Waals surface area contributed by atoms with Gasteiger partial charge in [-0.3, -0.25) is 0 Å². The van der Waals surface area contributed by atoms with Crippen molar-refractivity contribution in [2.75, 3.05) is 0 Å². The van der Waals surface area contributed by atoms with E-state index in [2.05, 4.69) is 126 Å². The van der Waals surface area contributed by atoms with E-state index in [1.54, 1.807) is 11.3 Å². The summed E-state index contributed by atoms with van der Waals surface area (Å²) >= 11 is 1.80. The van der Waals surface area contributed by atoms with Gasteiger partial charge in [0.2, 0.25) is 0 Å². The Labute approximate surface area is 330 Å². The van der Waals surface area contributed by atoms with Gasteiger partial charge in [-0.15, -0.1) is 11.3 Å². The Balaban J connectivity index is 1.02. The number of nitrogens with zero attached hydrogens (tertiary/aromatic N) is 4. The zero-order chi connectivity index (χ0) is 37.5. The molecule has 0 unspecified atom stereocenters. The van der Waals surface area contributed by atoms with Gasteiger partial charge < -0.3 is 8.98 Å². The highest BCUT2D eigenvalue weighted by Gasteiger charge is 2.20. The molecule has 0 radical (unpaired) electrons. The molecular weight excluding hydrogens is 717 g/mol. The van der Waals surface area contributed by atoms with Crippen molar-refractivity contribution in [1.29, 1.82) is 0 Å². The van der Waals surface area contributed by atoms with Gasteiger partial charge in [0.1, 0.15) is 5.58 Å². The van der Waals surface area contributed by atoms with Crippen LogP contribution in [0.4, 0.5) is 0 Å². The number of hydrogen-bond donors (Lipinski definition) is 0. The van der Waals surface area contributed by atoms with Crippen molar-refractivity contribution >= 4 is 75.3 Å². The molecule has 12 rings (SSSR count). The van der Waals surface area contributed by atoms with Crippen LogP contribution in [0, 0.1) is 0 Å². The summed E-state index contributed by atoms with van der Waals surface area (Å²) in [5.74, 6) is 1.95. The van der Waals surface area contributed by atoms with Gasteiger partial charge in [-0.05, 0) is 54.1 Å². The summed E-state index contributed by atoms with van der Waals surface area (Å²) < 4.78 is 11.8. The molecule has 4 aromatic heterocycles. The van der Waals surface area contributed by atoms with Crippen LogP contribution in [0.25, 0.3) is 115 Å². The molecule has 0 aliphatic rings. The van der Waals surface area contributed by atoms with Gasteiger partial charge in [0.25, 0.3) is 0 Å². The summed E-state index contributed by atoms with van der Waals surface area (Å²) in [6.45, 7) is 0. The second-order valence-corrected chi connectivity index (χ2v) is 15.5. The lowest BCUT2D eigenvalue weighted by Crippen LogP contribution is -2.00. The van der Waals surface area contributed by atoms with Crippen LogP contribution in [0.15, 0.2) is 186 Å². The molecule has 57 heavy (non-hydrogen) atoms. The van der Waals surface area contributed by atoms with Gasteiger partial charge >= 0.3 is 0 Å². The molecule has 12 aromatic rings. The average Bonchev–Trinajstić information content (AvgIpc) is 3.96. The first-order valence-electron chi connectivity index (χ1n) is 19.0. The molecule has 0 saturated carbocycles. The molecule has 6 heteroatoms. The van der Waals surface area contributed by atoms with Crippen molar-refractivity contribution in [2.45, 2.75) is 0 Å². The number of aromatic nitrogens is 4. The highest BCUT2D eigenvalue weighted by atomic mass is 32.1. The first kappa shape index (κ1) is 31.9. The van der Waals surface area contributed by atoms with E-state index in [0.29, 0.717) is 17.5 Å². The molecule has 5 nitrogen and oxygen atoms in total. The maximum atomic E-state index is 7.00. The van der Waals surface area contributed by atoms with E-state index in [1.807, 2.05) is 60.7 Å². The van der Waals surface area contributed by atoms with Crippen LogP contribution in [-0.4, -0.2) is 19.5 Å². The summed E-state index contributed by atoms with van der Waals surface area (Å²) in [6.07, 6.45) is 0. The Morgan fingerprint density at radius 2 is 0.860 bits per heavy atom. The fraction of sp³-hybridized carbons (Fsp3) is 0. The molecule has 4 heterocycles. The zero-order valence-electron chi connectivity index (χ0n) is 30.4. The van der Waals surface area contributed by atoms with E-state index in [4.69, 9.17) is 19.4 Å². The maximum Gasteiger partial charge on any atom is 0.164 e. The van der Waals surface area contributed by atoms with E-state index in [1.165, 1.54) is 30.9 Å². The molecule has 0 saturated heterocycles. The third kappa shape index (κ3) is 5.04. The first-order valence-corrected chi connectivity index (χ1v) is 19.8. The minimum absolute atomic E-state index is 0.645. The minimum Gasteiger partial charge on any atom is -0.453 e. The van der Waals surface area contributed by atoms with Crippen LogP contribution in [-0.2, 0) is 0 Å². The topological polar surface area (TPSA) is 56.7 Å². The number of benzene rings is 8. The molecule has 0 aliphatic carbocycles. The molecule has 0 atom stereocenters. The Morgan fingerprint density at radius 1 is 0.368 bits per heavy atom. The SMILES string of the molecule is c1ccc(-c2nc(-c3ccccc3)nc(-c3ccc4sc5ccc(-c6cccc7c6oc6c(-n8c9ccccc9c9ccccc98)cccc67)cc5c4c3)n2)cc1. The van der Waals surface area contributed by atoms with Gasteiger partial charge in [-0.2, -0.15) is 0 Å². The predicted octanol–water partition coefficient (Wildman–Crippen LogP) is 13.9. The van der Waals surface area contributed by atoms with Gasteiger partial charge in [-0.1, -0.05) is 133 Å². The Hall–Kier alpha value is -7.41. The number of thiophene rings is 1. The van der Waals surface area contributed by atoms with Crippen molar-refractivity contribution < 1.29 is 4.42 Å². The van der Waals surface area contributed by atoms with Crippen LogP contribution in [0.3, 0.4) is 0 Å². The smallest absolute Gasteiger partial charge is 0.164 e. The maximum absolute atomic E-state index is 7.00. The Bertz CT molecular complexity index is 3420. The Morgan fingerprint density at radius 3 is 1.49 bits per heavy atom. The lowest BCUT2D eigenvalue weighted by Gasteiger charge is -2.08. The van der Waals surface area contributed by atoms with E-state index in [0.717, 1.165) is 66.5 Å². The Kier molecular flexibility index (Phi) is 7.03. The fourth-order valence-electron chi connectivity index (χ4n) is 8.41. The molecule has 0 fully saturated rings. The van der Waals surface area contributed by atoms with Crippen molar-refractivity contribution in [1.82, 2.24) is 19.5 Å². The summed E-state index contributed by atoms with van der Waals surface area (Å²) in [5, 5.41) is 7.01. The minimum atomic E-state index is 0.645. The van der Waals surface area contributed by atoms with E-state index in [-0.39, 0.29) is 0 Å². The molecule has 0 amide bonds. The van der Waals surface area contributed by atoms with Crippen LogP contribution in [0.1, 0.15) is 0 Å². The third-order valence-corrected chi connectivity index (χ3v) is 12.2. The second-order valence-electron chi connectivity index (χ2n) is 14.4. The number of rotatable bonds is 5. The average molecular weight is 747 g/mol. The lowest BCUT2D eigenvalue weighted by molar-refractivity contribution is 0.667. The van der Waals surface area contributed by atoms with E-state index in [9.17, 15) is 0 Å². The van der Waals surface area contributed by atoms with E-state index >= 15 is 0 Å². The predicted molar refractivity (Wildman–Crippen MR) is 236 cm³/mol. The van der Waals surface area contributed by atoms with Gasteiger partial charge in [0, 0.05) is 64.0 Å². The van der Waals surface area contributed by atoms with Crippen LogP contribution in [0.5, 0.6) is 0 Å². The summed E-state index contributed by atoms with van der Waals surface area (Å²) in [5.41, 5.74) is 10.1. The van der Waals surface area contributed by atoms with Crippen molar-refractivity contribution in [2.24, 2.45) is 0 Å². The van der Waals surface area contributed by atoms with Crippen LogP contribution in [0.2, 0.25) is 0 Å². The third-order valence-electron chi connectivity index (χ3n) is 11.1. The highest BCUT2D eigenvalue weighted by molar-refractivity contribution is 7.25. The monoisotopic (exact) mass is 746 g/mol. The van der Waals surface area contributed by atoms with Gasteiger partial charge in [0.05, 0.1) is 16.7 Å². The molecular formula is C51H30N4OS. The molecule has 0 N–H and O–H groups in total. The van der Waals surface area contributed by atoms with Crippen LogP contribution >= 0.6 is 11.3 Å².